The van der Waals surface area contributed by atoms with E-state index in [1.165, 1.54) is 12.1 Å². The molecule has 6 heteroatoms. The van der Waals surface area contributed by atoms with Crippen LogP contribution in [0.1, 0.15) is 13.3 Å². The zero-order valence-corrected chi connectivity index (χ0v) is 9.80. The van der Waals surface area contributed by atoms with E-state index in [2.05, 4.69) is 4.72 Å². The first-order chi connectivity index (χ1) is 7.45. The van der Waals surface area contributed by atoms with Crippen molar-refractivity contribution in [3.8, 4) is 0 Å². The molecule has 0 heterocycles. The number of nitrogens with one attached hydrogen (secondary N) is 1. The van der Waals surface area contributed by atoms with Gasteiger partial charge in [-0.25, -0.2) is 17.5 Å². The van der Waals surface area contributed by atoms with Gasteiger partial charge in [-0.3, -0.25) is 0 Å². The molecule has 1 rings (SSSR count). The molecule has 90 valence electrons. The van der Waals surface area contributed by atoms with Crippen molar-refractivity contribution >= 4 is 10.0 Å². The number of sulfonamides is 1. The summed E-state index contributed by atoms with van der Waals surface area (Å²) in [5.74, 6) is -0.468. The molecule has 0 aliphatic rings. The Balaban J connectivity index is 2.74. The van der Waals surface area contributed by atoms with Crippen LogP contribution in [-0.4, -0.2) is 21.0 Å². The minimum Gasteiger partial charge on any atom is -0.327 e. The van der Waals surface area contributed by atoms with Crippen LogP contribution >= 0.6 is 0 Å². The Labute approximate surface area is 94.7 Å². The Bertz CT molecular complexity index is 431. The summed E-state index contributed by atoms with van der Waals surface area (Å²) in [6.07, 6.45) is 0.686. The van der Waals surface area contributed by atoms with Crippen LogP contribution in [0.2, 0.25) is 0 Å². The first-order valence-corrected chi connectivity index (χ1v) is 6.45. The molecule has 0 aliphatic heterocycles. The van der Waals surface area contributed by atoms with E-state index in [0.717, 1.165) is 12.1 Å². The van der Waals surface area contributed by atoms with E-state index in [1.807, 2.05) is 6.92 Å². The summed E-state index contributed by atoms with van der Waals surface area (Å²) in [6.45, 7) is 2.05. The Morgan fingerprint density at radius 1 is 1.38 bits per heavy atom. The van der Waals surface area contributed by atoms with Crippen LogP contribution in [0.3, 0.4) is 0 Å². The van der Waals surface area contributed by atoms with Gasteiger partial charge in [-0.05, 0) is 30.7 Å². The lowest BCUT2D eigenvalue weighted by atomic mass is 10.2. The summed E-state index contributed by atoms with van der Waals surface area (Å²) in [4.78, 5) is 0.0391. The highest BCUT2D eigenvalue weighted by molar-refractivity contribution is 7.89. The summed E-state index contributed by atoms with van der Waals surface area (Å²) < 4.78 is 38.3. The van der Waals surface area contributed by atoms with Gasteiger partial charge in [0.05, 0.1) is 4.90 Å². The zero-order chi connectivity index (χ0) is 12.2. The van der Waals surface area contributed by atoms with Gasteiger partial charge in [0.1, 0.15) is 5.82 Å². The lowest BCUT2D eigenvalue weighted by molar-refractivity contribution is 0.563. The number of hydrogen-bond acceptors (Lipinski definition) is 3. The Hall–Kier alpha value is -0.980. The van der Waals surface area contributed by atoms with Crippen LogP contribution in [0.5, 0.6) is 0 Å². The second-order valence-electron chi connectivity index (χ2n) is 3.47. The third-order valence-electron chi connectivity index (χ3n) is 2.18. The molecule has 3 N–H and O–H groups in total. The summed E-state index contributed by atoms with van der Waals surface area (Å²) in [5.41, 5.74) is 5.60. The highest BCUT2D eigenvalue weighted by atomic mass is 32.2. The second-order valence-corrected chi connectivity index (χ2v) is 5.24. The topological polar surface area (TPSA) is 72.2 Å². The summed E-state index contributed by atoms with van der Waals surface area (Å²) in [7, 11) is -3.58. The molecule has 16 heavy (non-hydrogen) atoms. The fourth-order valence-electron chi connectivity index (χ4n) is 1.06. The molecule has 0 fully saturated rings. The smallest absolute Gasteiger partial charge is 0.240 e. The van der Waals surface area contributed by atoms with Crippen molar-refractivity contribution in [3.63, 3.8) is 0 Å². The van der Waals surface area contributed by atoms with Gasteiger partial charge < -0.3 is 5.73 Å². The molecule has 1 unspecified atom stereocenters. The van der Waals surface area contributed by atoms with Crippen LogP contribution in [0.4, 0.5) is 4.39 Å². The molecule has 0 spiro atoms. The van der Waals surface area contributed by atoms with Crippen LogP contribution in [0.15, 0.2) is 29.2 Å². The highest BCUT2D eigenvalue weighted by Crippen LogP contribution is 2.09. The van der Waals surface area contributed by atoms with E-state index in [4.69, 9.17) is 5.73 Å². The molecule has 0 saturated carbocycles. The third kappa shape index (κ3) is 3.55. The Morgan fingerprint density at radius 2 is 1.94 bits per heavy atom. The number of benzene rings is 1. The Kier molecular flexibility index (Phi) is 4.40. The first kappa shape index (κ1) is 13.1. The molecule has 0 aliphatic carbocycles. The monoisotopic (exact) mass is 246 g/mol. The SMILES string of the molecule is CCC(N)CNS(=O)(=O)c1ccc(F)cc1. The molecule has 0 saturated heterocycles. The molecular weight excluding hydrogens is 231 g/mol. The van der Waals surface area contributed by atoms with E-state index in [-0.39, 0.29) is 17.5 Å². The Morgan fingerprint density at radius 3 is 2.44 bits per heavy atom. The molecule has 0 bridgehead atoms. The van der Waals surface area contributed by atoms with Gasteiger partial charge in [0.15, 0.2) is 0 Å². The number of nitrogens with two attached hydrogens (primary N) is 1. The number of halogens is 1. The minimum absolute atomic E-state index is 0.0391. The van der Waals surface area contributed by atoms with Gasteiger partial charge in [0.2, 0.25) is 10.0 Å². The van der Waals surface area contributed by atoms with Gasteiger partial charge in [0, 0.05) is 12.6 Å². The van der Waals surface area contributed by atoms with Crippen molar-refractivity contribution in [2.24, 2.45) is 5.73 Å². The van der Waals surface area contributed by atoms with E-state index in [9.17, 15) is 12.8 Å². The predicted octanol–water partition coefficient (Wildman–Crippen LogP) is 0.841. The van der Waals surface area contributed by atoms with E-state index in [1.54, 1.807) is 0 Å². The van der Waals surface area contributed by atoms with Crippen LogP contribution < -0.4 is 10.5 Å². The van der Waals surface area contributed by atoms with E-state index in [0.29, 0.717) is 6.42 Å². The second kappa shape index (κ2) is 5.38. The van der Waals surface area contributed by atoms with Gasteiger partial charge in [0.25, 0.3) is 0 Å². The average Bonchev–Trinajstić information content (AvgIpc) is 2.26. The highest BCUT2D eigenvalue weighted by Gasteiger charge is 2.14. The minimum atomic E-state index is -3.58. The van der Waals surface area contributed by atoms with Crippen molar-refractivity contribution < 1.29 is 12.8 Å². The molecule has 1 aromatic rings. The van der Waals surface area contributed by atoms with Gasteiger partial charge in [-0.1, -0.05) is 6.92 Å². The van der Waals surface area contributed by atoms with E-state index < -0.39 is 15.8 Å². The molecule has 4 nitrogen and oxygen atoms in total. The molecule has 0 amide bonds. The van der Waals surface area contributed by atoms with Crippen LogP contribution in [0.25, 0.3) is 0 Å². The number of hydrogen-bond donors (Lipinski definition) is 2. The third-order valence-corrected chi connectivity index (χ3v) is 3.62. The molecule has 1 atom stereocenters. The van der Waals surface area contributed by atoms with Crippen molar-refractivity contribution in [2.75, 3.05) is 6.54 Å². The van der Waals surface area contributed by atoms with Gasteiger partial charge in [-0.15, -0.1) is 0 Å². The zero-order valence-electron chi connectivity index (χ0n) is 8.98. The van der Waals surface area contributed by atoms with E-state index >= 15 is 0 Å². The maximum absolute atomic E-state index is 12.6. The number of rotatable bonds is 5. The van der Waals surface area contributed by atoms with Crippen molar-refractivity contribution in [1.82, 2.24) is 4.72 Å². The van der Waals surface area contributed by atoms with Crippen molar-refractivity contribution in [1.29, 1.82) is 0 Å². The maximum atomic E-state index is 12.6. The lowest BCUT2D eigenvalue weighted by Gasteiger charge is -2.10. The quantitative estimate of drug-likeness (QED) is 0.808. The van der Waals surface area contributed by atoms with Gasteiger partial charge in [-0.2, -0.15) is 0 Å². The first-order valence-electron chi connectivity index (χ1n) is 4.96. The molecule has 0 aromatic heterocycles. The summed E-state index contributed by atoms with van der Waals surface area (Å²) >= 11 is 0. The average molecular weight is 246 g/mol. The normalized spacial score (nSPS) is 13.7. The molecule has 0 radical (unpaired) electrons. The fraction of sp³-hybridized carbons (Fsp3) is 0.400. The summed E-state index contributed by atoms with van der Waals surface area (Å²) in [6, 6.07) is 4.43. The standard InChI is InChI=1S/C10H15FN2O2S/c1-2-9(12)7-13-16(14,15)10-5-3-8(11)4-6-10/h3-6,9,13H,2,7,12H2,1H3. The van der Waals surface area contributed by atoms with Crippen molar-refractivity contribution in [2.45, 2.75) is 24.3 Å². The fourth-order valence-corrected chi connectivity index (χ4v) is 2.15. The van der Waals surface area contributed by atoms with Gasteiger partial charge >= 0.3 is 0 Å². The molecule has 1 aromatic carbocycles. The largest absolute Gasteiger partial charge is 0.327 e. The summed E-state index contributed by atoms with van der Waals surface area (Å²) in [5, 5.41) is 0. The lowest BCUT2D eigenvalue weighted by Crippen LogP contribution is -2.36. The van der Waals surface area contributed by atoms with Crippen LogP contribution in [0, 0.1) is 5.82 Å². The van der Waals surface area contributed by atoms with Crippen LogP contribution in [-0.2, 0) is 10.0 Å². The predicted molar refractivity (Wildman–Crippen MR) is 59.9 cm³/mol. The maximum Gasteiger partial charge on any atom is 0.240 e. The molecular formula is C10H15FN2O2S. The van der Waals surface area contributed by atoms with Crippen molar-refractivity contribution in [3.05, 3.63) is 30.1 Å².